The summed E-state index contributed by atoms with van der Waals surface area (Å²) in [5.74, 6) is 1.42. The second-order valence-corrected chi connectivity index (χ2v) is 7.25. The molecule has 2 aliphatic heterocycles. The molecule has 0 unspecified atom stereocenters. The van der Waals surface area contributed by atoms with Gasteiger partial charge < -0.3 is 24.0 Å². The van der Waals surface area contributed by atoms with E-state index >= 15 is 0 Å². The van der Waals surface area contributed by atoms with Gasteiger partial charge in [0.25, 0.3) is 0 Å². The second-order valence-electron chi connectivity index (χ2n) is 6.89. The van der Waals surface area contributed by atoms with Crippen LogP contribution in [-0.4, -0.2) is 62.0 Å². The number of ether oxygens (including phenoxy) is 3. The van der Waals surface area contributed by atoms with Gasteiger partial charge in [-0.15, -0.1) is 0 Å². The Balaban J connectivity index is 1.51. The van der Waals surface area contributed by atoms with Crippen LogP contribution in [0.2, 0.25) is 5.15 Å². The molecular formula is C19H23ClN3O4+. The summed E-state index contributed by atoms with van der Waals surface area (Å²) in [6.07, 6.45) is 0. The number of halogens is 1. The standard InChI is InChI=1S/C19H22ClN3O4/c1-13(24)23(3-2-22-4-6-25-7-5-22)11-15-8-14-9-17-18(27-12-26-17)10-16(14)21-19(15)20/h8-10H,2-7,11-12H2,1H3/p+1. The number of nitrogens with zero attached hydrogens (tertiary/aromatic N) is 2. The molecule has 1 N–H and O–H groups in total. The third-order valence-electron chi connectivity index (χ3n) is 5.08. The van der Waals surface area contributed by atoms with Crippen molar-refractivity contribution >= 4 is 28.4 Å². The highest BCUT2D eigenvalue weighted by Gasteiger charge is 2.20. The van der Waals surface area contributed by atoms with Gasteiger partial charge in [0.15, 0.2) is 11.5 Å². The van der Waals surface area contributed by atoms with Crippen LogP contribution in [0, 0.1) is 0 Å². The Labute approximate surface area is 162 Å². The van der Waals surface area contributed by atoms with E-state index < -0.39 is 0 Å². The Morgan fingerprint density at radius 1 is 1.22 bits per heavy atom. The number of pyridine rings is 1. The molecule has 8 heteroatoms. The Bertz CT molecular complexity index is 854. The van der Waals surface area contributed by atoms with E-state index in [1.807, 2.05) is 23.1 Å². The van der Waals surface area contributed by atoms with Crippen molar-refractivity contribution in [2.24, 2.45) is 0 Å². The van der Waals surface area contributed by atoms with E-state index in [4.69, 9.17) is 25.8 Å². The predicted molar refractivity (Wildman–Crippen MR) is 100 cm³/mol. The number of rotatable bonds is 5. The number of hydrogen-bond donors (Lipinski definition) is 1. The first-order valence-corrected chi connectivity index (χ1v) is 9.53. The zero-order valence-corrected chi connectivity index (χ0v) is 16.1. The van der Waals surface area contributed by atoms with Crippen molar-refractivity contribution in [3.8, 4) is 11.5 Å². The summed E-state index contributed by atoms with van der Waals surface area (Å²) in [5.41, 5.74) is 1.58. The molecule has 0 aliphatic carbocycles. The summed E-state index contributed by atoms with van der Waals surface area (Å²) in [6, 6.07) is 5.71. The van der Waals surface area contributed by atoms with Crippen molar-refractivity contribution in [3.63, 3.8) is 0 Å². The molecule has 4 rings (SSSR count). The Kier molecular flexibility index (Phi) is 5.33. The molecule has 3 heterocycles. The van der Waals surface area contributed by atoms with Crippen LogP contribution in [0.4, 0.5) is 0 Å². The predicted octanol–water partition coefficient (Wildman–Crippen LogP) is 0.881. The van der Waals surface area contributed by atoms with Gasteiger partial charge in [0.05, 0.1) is 31.8 Å². The molecule has 1 aromatic carbocycles. The van der Waals surface area contributed by atoms with E-state index in [1.165, 1.54) is 4.90 Å². The molecule has 0 radical (unpaired) electrons. The first-order valence-electron chi connectivity index (χ1n) is 9.16. The minimum atomic E-state index is 0.0320. The fraction of sp³-hybridized carbons (Fsp3) is 0.474. The molecule has 1 saturated heterocycles. The number of benzene rings is 1. The molecule has 0 spiro atoms. The lowest BCUT2D eigenvalue weighted by molar-refractivity contribution is -0.907. The molecular weight excluding hydrogens is 370 g/mol. The van der Waals surface area contributed by atoms with Crippen molar-refractivity contribution in [2.75, 3.05) is 46.2 Å². The lowest BCUT2D eigenvalue weighted by Crippen LogP contribution is -3.14. The number of hydrogen-bond acceptors (Lipinski definition) is 5. The van der Waals surface area contributed by atoms with Gasteiger partial charge in [0.2, 0.25) is 12.7 Å². The van der Waals surface area contributed by atoms with Crippen LogP contribution >= 0.6 is 11.6 Å². The molecule has 144 valence electrons. The molecule has 2 aromatic rings. The van der Waals surface area contributed by atoms with Gasteiger partial charge in [-0.3, -0.25) is 4.79 Å². The minimum absolute atomic E-state index is 0.0320. The average Bonchev–Trinajstić information content (AvgIpc) is 3.11. The van der Waals surface area contributed by atoms with Gasteiger partial charge in [-0.25, -0.2) is 4.98 Å². The molecule has 1 amide bonds. The van der Waals surface area contributed by atoms with Crippen LogP contribution in [0.3, 0.4) is 0 Å². The number of quaternary nitrogens is 1. The van der Waals surface area contributed by atoms with E-state index in [-0.39, 0.29) is 12.7 Å². The molecule has 0 saturated carbocycles. The fourth-order valence-corrected chi connectivity index (χ4v) is 3.66. The van der Waals surface area contributed by atoms with Crippen molar-refractivity contribution in [1.29, 1.82) is 0 Å². The number of carbonyl (C=O) groups excluding carboxylic acids is 1. The van der Waals surface area contributed by atoms with Gasteiger partial charge in [0.1, 0.15) is 18.2 Å². The molecule has 27 heavy (non-hydrogen) atoms. The van der Waals surface area contributed by atoms with Crippen LogP contribution in [0.5, 0.6) is 11.5 Å². The maximum atomic E-state index is 12.1. The Hall–Kier alpha value is -2.09. The Morgan fingerprint density at radius 2 is 1.96 bits per heavy atom. The minimum Gasteiger partial charge on any atom is -0.454 e. The van der Waals surface area contributed by atoms with Crippen molar-refractivity contribution in [2.45, 2.75) is 13.5 Å². The maximum absolute atomic E-state index is 12.1. The zero-order chi connectivity index (χ0) is 18.8. The summed E-state index contributed by atoms with van der Waals surface area (Å²) < 4.78 is 16.2. The third-order valence-corrected chi connectivity index (χ3v) is 5.40. The maximum Gasteiger partial charge on any atom is 0.231 e. The van der Waals surface area contributed by atoms with E-state index in [2.05, 4.69) is 4.98 Å². The smallest absolute Gasteiger partial charge is 0.231 e. The van der Waals surface area contributed by atoms with Gasteiger partial charge in [0, 0.05) is 30.5 Å². The highest BCUT2D eigenvalue weighted by atomic mass is 35.5. The summed E-state index contributed by atoms with van der Waals surface area (Å²) in [5, 5.41) is 1.33. The highest BCUT2D eigenvalue weighted by molar-refractivity contribution is 6.30. The normalized spacial score (nSPS) is 16.7. The van der Waals surface area contributed by atoms with Crippen LogP contribution < -0.4 is 14.4 Å². The summed E-state index contributed by atoms with van der Waals surface area (Å²) in [4.78, 5) is 19.9. The quantitative estimate of drug-likeness (QED) is 0.765. The lowest BCUT2D eigenvalue weighted by atomic mass is 10.1. The van der Waals surface area contributed by atoms with E-state index in [9.17, 15) is 4.79 Å². The monoisotopic (exact) mass is 392 g/mol. The van der Waals surface area contributed by atoms with E-state index in [0.717, 1.165) is 49.3 Å². The topological polar surface area (TPSA) is 65.3 Å². The Morgan fingerprint density at radius 3 is 2.70 bits per heavy atom. The fourth-order valence-electron chi connectivity index (χ4n) is 3.45. The van der Waals surface area contributed by atoms with Crippen LogP contribution in [-0.2, 0) is 16.1 Å². The number of aromatic nitrogens is 1. The number of fused-ring (bicyclic) bond motifs is 2. The van der Waals surface area contributed by atoms with Crippen molar-refractivity contribution in [1.82, 2.24) is 9.88 Å². The van der Waals surface area contributed by atoms with Crippen molar-refractivity contribution < 1.29 is 23.9 Å². The van der Waals surface area contributed by atoms with Crippen molar-refractivity contribution in [3.05, 3.63) is 28.9 Å². The third kappa shape index (κ3) is 4.10. The van der Waals surface area contributed by atoms with Crippen LogP contribution in [0.15, 0.2) is 18.2 Å². The number of carbonyl (C=O) groups is 1. The highest BCUT2D eigenvalue weighted by Crippen LogP contribution is 2.36. The molecule has 1 fully saturated rings. The summed E-state index contributed by atoms with van der Waals surface area (Å²) in [6.45, 7) is 7.37. The number of morpholine rings is 1. The number of nitrogens with one attached hydrogen (secondary N) is 1. The summed E-state index contributed by atoms with van der Waals surface area (Å²) in [7, 11) is 0. The number of amides is 1. The summed E-state index contributed by atoms with van der Waals surface area (Å²) >= 11 is 6.41. The van der Waals surface area contributed by atoms with Crippen LogP contribution in [0.25, 0.3) is 10.9 Å². The van der Waals surface area contributed by atoms with Gasteiger partial charge in [-0.1, -0.05) is 11.6 Å². The largest absolute Gasteiger partial charge is 0.454 e. The van der Waals surface area contributed by atoms with Crippen LogP contribution in [0.1, 0.15) is 12.5 Å². The molecule has 2 aliphatic rings. The van der Waals surface area contributed by atoms with Gasteiger partial charge in [-0.05, 0) is 12.1 Å². The first kappa shape index (κ1) is 18.3. The average molecular weight is 393 g/mol. The molecule has 7 nitrogen and oxygen atoms in total. The van der Waals surface area contributed by atoms with Gasteiger partial charge >= 0.3 is 0 Å². The first-order chi connectivity index (χ1) is 13.1. The zero-order valence-electron chi connectivity index (χ0n) is 15.3. The molecule has 0 bridgehead atoms. The second kappa shape index (κ2) is 7.88. The molecule has 0 atom stereocenters. The van der Waals surface area contributed by atoms with E-state index in [0.29, 0.717) is 29.7 Å². The van der Waals surface area contributed by atoms with E-state index in [1.54, 1.807) is 6.92 Å². The molecule has 1 aromatic heterocycles. The SMILES string of the molecule is CC(=O)N(CC[NH+]1CCOCC1)Cc1cc2cc3c(cc2nc1Cl)OCO3. The van der Waals surface area contributed by atoms with Gasteiger partial charge in [-0.2, -0.15) is 0 Å². The lowest BCUT2D eigenvalue weighted by Gasteiger charge is -2.27.